The van der Waals surface area contributed by atoms with Crippen LogP contribution in [-0.2, 0) is 17.8 Å². The monoisotopic (exact) mass is 303 g/mol. The first-order valence-electron chi connectivity index (χ1n) is 8.09. The van der Waals surface area contributed by atoms with Crippen molar-refractivity contribution in [2.45, 2.75) is 25.8 Å². The molecular formula is C21H21NO. The highest BCUT2D eigenvalue weighted by atomic mass is 16.1. The Labute approximate surface area is 137 Å². The number of carbonyl (C=O) groups excluding carboxylic acids is 1. The number of carbonyl (C=O) groups is 1. The van der Waals surface area contributed by atoms with E-state index < -0.39 is 0 Å². The molecule has 0 aliphatic heterocycles. The summed E-state index contributed by atoms with van der Waals surface area (Å²) >= 11 is 0. The topological polar surface area (TPSA) is 29.1 Å². The maximum absolute atomic E-state index is 12.0. The lowest BCUT2D eigenvalue weighted by atomic mass is 10.1. The number of hydrogen-bond acceptors (Lipinski definition) is 1. The molecule has 0 radical (unpaired) electrons. The zero-order valence-electron chi connectivity index (χ0n) is 13.2. The van der Waals surface area contributed by atoms with E-state index in [-0.39, 0.29) is 5.91 Å². The van der Waals surface area contributed by atoms with Crippen molar-refractivity contribution in [2.24, 2.45) is 0 Å². The fourth-order valence-corrected chi connectivity index (χ4v) is 2.74. The fourth-order valence-electron chi connectivity index (χ4n) is 2.74. The molecule has 0 aliphatic rings. The van der Waals surface area contributed by atoms with Crippen LogP contribution in [-0.4, -0.2) is 5.91 Å². The Morgan fingerprint density at radius 2 is 1.52 bits per heavy atom. The molecule has 0 fully saturated rings. The summed E-state index contributed by atoms with van der Waals surface area (Å²) in [5, 5.41) is 5.45. The molecule has 1 N–H and O–H groups in total. The van der Waals surface area contributed by atoms with Crippen molar-refractivity contribution in [2.75, 3.05) is 0 Å². The summed E-state index contributed by atoms with van der Waals surface area (Å²) in [5.41, 5.74) is 2.43. The van der Waals surface area contributed by atoms with Crippen LogP contribution in [0.3, 0.4) is 0 Å². The first kappa shape index (κ1) is 15.3. The third kappa shape index (κ3) is 4.43. The molecule has 0 aliphatic carbocycles. The van der Waals surface area contributed by atoms with Crippen molar-refractivity contribution < 1.29 is 4.79 Å². The number of nitrogens with one attached hydrogen (secondary N) is 1. The molecule has 0 spiro atoms. The van der Waals surface area contributed by atoms with E-state index in [0.717, 1.165) is 18.4 Å². The van der Waals surface area contributed by atoms with Gasteiger partial charge in [0.15, 0.2) is 0 Å². The second-order valence-corrected chi connectivity index (χ2v) is 5.80. The normalized spacial score (nSPS) is 10.6. The summed E-state index contributed by atoms with van der Waals surface area (Å²) in [6, 6.07) is 24.9. The molecule has 3 rings (SSSR count). The number of hydrogen-bond donors (Lipinski definition) is 1. The highest BCUT2D eigenvalue weighted by molar-refractivity contribution is 5.83. The average Bonchev–Trinajstić information content (AvgIpc) is 2.61. The molecule has 0 heterocycles. The van der Waals surface area contributed by atoms with Gasteiger partial charge in [0.25, 0.3) is 0 Å². The summed E-state index contributed by atoms with van der Waals surface area (Å²) in [6.07, 6.45) is 2.40. The molecule has 116 valence electrons. The molecule has 3 aromatic rings. The first-order valence-corrected chi connectivity index (χ1v) is 8.09. The zero-order valence-corrected chi connectivity index (χ0v) is 13.2. The van der Waals surface area contributed by atoms with Crippen LogP contribution in [0.4, 0.5) is 0 Å². The van der Waals surface area contributed by atoms with Crippen LogP contribution in [0.15, 0.2) is 72.8 Å². The van der Waals surface area contributed by atoms with Crippen molar-refractivity contribution >= 4 is 16.7 Å². The summed E-state index contributed by atoms with van der Waals surface area (Å²) in [6.45, 7) is 0.592. The van der Waals surface area contributed by atoms with Gasteiger partial charge < -0.3 is 5.32 Å². The zero-order chi connectivity index (χ0) is 15.9. The van der Waals surface area contributed by atoms with E-state index in [0.29, 0.717) is 13.0 Å². The largest absolute Gasteiger partial charge is 0.352 e. The van der Waals surface area contributed by atoms with E-state index >= 15 is 0 Å². The maximum Gasteiger partial charge on any atom is 0.220 e. The summed E-state index contributed by atoms with van der Waals surface area (Å²) in [5.74, 6) is 0.120. The van der Waals surface area contributed by atoms with E-state index in [2.05, 4.69) is 47.8 Å². The lowest BCUT2D eigenvalue weighted by Crippen LogP contribution is -2.22. The molecule has 0 aromatic heterocycles. The van der Waals surface area contributed by atoms with Gasteiger partial charge in [0, 0.05) is 13.0 Å². The molecule has 2 nitrogen and oxygen atoms in total. The predicted molar refractivity (Wildman–Crippen MR) is 95.2 cm³/mol. The number of benzene rings is 3. The maximum atomic E-state index is 12.0. The van der Waals surface area contributed by atoms with Gasteiger partial charge in [-0.1, -0.05) is 66.7 Å². The van der Waals surface area contributed by atoms with Crippen molar-refractivity contribution in [1.82, 2.24) is 5.32 Å². The highest BCUT2D eigenvalue weighted by Gasteiger charge is 2.02. The SMILES string of the molecule is O=C(CCCc1ccccc1)NCc1ccc2ccccc2c1. The van der Waals surface area contributed by atoms with Crippen LogP contribution >= 0.6 is 0 Å². The van der Waals surface area contributed by atoms with Gasteiger partial charge in [-0.25, -0.2) is 0 Å². The number of amides is 1. The molecule has 0 saturated carbocycles. The van der Waals surface area contributed by atoms with Crippen LogP contribution in [0.25, 0.3) is 10.8 Å². The van der Waals surface area contributed by atoms with Crippen LogP contribution in [0.5, 0.6) is 0 Å². The lowest BCUT2D eigenvalue weighted by molar-refractivity contribution is -0.121. The van der Waals surface area contributed by atoms with Gasteiger partial charge >= 0.3 is 0 Å². The van der Waals surface area contributed by atoms with Crippen LogP contribution in [0, 0.1) is 0 Å². The highest BCUT2D eigenvalue weighted by Crippen LogP contribution is 2.15. The van der Waals surface area contributed by atoms with Crippen LogP contribution in [0.1, 0.15) is 24.0 Å². The lowest BCUT2D eigenvalue weighted by Gasteiger charge is -2.07. The Kier molecular flexibility index (Phi) is 5.05. The smallest absolute Gasteiger partial charge is 0.220 e. The molecule has 23 heavy (non-hydrogen) atoms. The molecule has 2 heteroatoms. The Hall–Kier alpha value is -2.61. The Morgan fingerprint density at radius 3 is 2.35 bits per heavy atom. The van der Waals surface area contributed by atoms with Crippen LogP contribution < -0.4 is 5.32 Å². The molecule has 0 unspecified atom stereocenters. The first-order chi connectivity index (χ1) is 11.3. The van der Waals surface area contributed by atoms with Gasteiger partial charge in [0.2, 0.25) is 5.91 Å². The third-order valence-corrected chi connectivity index (χ3v) is 4.02. The second-order valence-electron chi connectivity index (χ2n) is 5.80. The molecule has 0 bridgehead atoms. The molecule has 0 saturated heterocycles. The third-order valence-electron chi connectivity index (χ3n) is 4.02. The van der Waals surface area contributed by atoms with Crippen molar-refractivity contribution in [3.05, 3.63) is 83.9 Å². The number of fused-ring (bicyclic) bond motifs is 1. The van der Waals surface area contributed by atoms with Crippen molar-refractivity contribution in [3.63, 3.8) is 0 Å². The Bertz CT molecular complexity index is 780. The van der Waals surface area contributed by atoms with Gasteiger partial charge in [-0.3, -0.25) is 4.79 Å². The molecule has 1 amide bonds. The molecule has 0 atom stereocenters. The van der Waals surface area contributed by atoms with Gasteiger partial charge in [-0.2, -0.15) is 0 Å². The summed E-state index contributed by atoms with van der Waals surface area (Å²) in [7, 11) is 0. The summed E-state index contributed by atoms with van der Waals surface area (Å²) in [4.78, 5) is 12.0. The second kappa shape index (κ2) is 7.59. The molecular weight excluding hydrogens is 282 g/mol. The van der Waals surface area contributed by atoms with E-state index in [1.54, 1.807) is 0 Å². The Morgan fingerprint density at radius 1 is 0.783 bits per heavy atom. The van der Waals surface area contributed by atoms with E-state index in [9.17, 15) is 4.79 Å². The predicted octanol–water partition coefficient (Wildman–Crippen LogP) is 4.48. The van der Waals surface area contributed by atoms with Gasteiger partial charge in [0.1, 0.15) is 0 Å². The van der Waals surface area contributed by atoms with Crippen molar-refractivity contribution in [3.8, 4) is 0 Å². The quantitative estimate of drug-likeness (QED) is 0.715. The standard InChI is InChI=1S/C21H21NO/c23-21(12-6-9-17-7-2-1-3-8-17)22-16-18-13-14-19-10-4-5-11-20(19)15-18/h1-5,7-8,10-11,13-15H,6,9,12,16H2,(H,22,23). The van der Waals surface area contributed by atoms with Gasteiger partial charge in [-0.05, 0) is 40.8 Å². The minimum atomic E-state index is 0.120. The van der Waals surface area contributed by atoms with Gasteiger partial charge in [-0.15, -0.1) is 0 Å². The van der Waals surface area contributed by atoms with E-state index in [1.165, 1.54) is 16.3 Å². The van der Waals surface area contributed by atoms with Crippen LogP contribution in [0.2, 0.25) is 0 Å². The molecule has 3 aromatic carbocycles. The van der Waals surface area contributed by atoms with Gasteiger partial charge in [0.05, 0.1) is 0 Å². The van der Waals surface area contributed by atoms with Crippen molar-refractivity contribution in [1.29, 1.82) is 0 Å². The fraction of sp³-hybridized carbons (Fsp3) is 0.190. The summed E-state index contributed by atoms with van der Waals surface area (Å²) < 4.78 is 0. The Balaban J connectivity index is 1.46. The van der Waals surface area contributed by atoms with E-state index in [1.807, 2.05) is 30.3 Å². The number of aryl methyl sites for hydroxylation is 1. The number of rotatable bonds is 6. The average molecular weight is 303 g/mol. The van der Waals surface area contributed by atoms with E-state index in [4.69, 9.17) is 0 Å². The minimum absolute atomic E-state index is 0.120. The minimum Gasteiger partial charge on any atom is -0.352 e.